The minimum absolute atomic E-state index is 0.0133. The van der Waals surface area contributed by atoms with Gasteiger partial charge in [-0.3, -0.25) is 9.59 Å². The van der Waals surface area contributed by atoms with Gasteiger partial charge in [0.2, 0.25) is 5.91 Å². The molecule has 5 nitrogen and oxygen atoms in total. The van der Waals surface area contributed by atoms with Gasteiger partial charge in [0, 0.05) is 30.0 Å². The topological polar surface area (TPSA) is 58.6 Å². The molecule has 1 aromatic carbocycles. The van der Waals surface area contributed by atoms with Gasteiger partial charge < -0.3 is 15.0 Å². The number of carbonyl (C=O) groups is 2. The van der Waals surface area contributed by atoms with Crippen molar-refractivity contribution in [2.75, 3.05) is 26.1 Å². The number of piperidine rings is 1. The molecule has 0 aromatic heterocycles. The van der Waals surface area contributed by atoms with E-state index in [1.807, 2.05) is 18.7 Å². The number of methoxy groups -OCH3 is 1. The van der Waals surface area contributed by atoms with Crippen molar-refractivity contribution < 1.29 is 14.3 Å². The third kappa shape index (κ3) is 4.79. The largest absolute Gasteiger partial charge is 0.496 e. The summed E-state index contributed by atoms with van der Waals surface area (Å²) < 4.78 is 5.22. The molecule has 25 heavy (non-hydrogen) atoms. The van der Waals surface area contributed by atoms with Crippen LogP contribution in [-0.4, -0.2) is 48.8 Å². The van der Waals surface area contributed by atoms with Crippen LogP contribution in [0.4, 0.5) is 0 Å². The molecule has 1 fully saturated rings. The lowest BCUT2D eigenvalue weighted by Crippen LogP contribution is -2.50. The highest BCUT2D eigenvalue weighted by atomic mass is 35.5. The quantitative estimate of drug-likeness (QED) is 0.789. The SMILES string of the molecule is COc1ccc(Cl)cc1C(=O)NC1CCN(C(=O)C(C)(C)CCl)CC1. The summed E-state index contributed by atoms with van der Waals surface area (Å²) in [7, 11) is 1.52. The lowest BCUT2D eigenvalue weighted by molar-refractivity contribution is -0.140. The number of ether oxygens (including phenoxy) is 1. The Morgan fingerprint density at radius 1 is 1.32 bits per heavy atom. The molecular formula is C18H24Cl2N2O3. The second kappa shape index (κ2) is 8.28. The van der Waals surface area contributed by atoms with Crippen LogP contribution in [0, 0.1) is 5.41 Å². The van der Waals surface area contributed by atoms with Crippen LogP contribution in [0.3, 0.4) is 0 Å². The van der Waals surface area contributed by atoms with E-state index in [-0.39, 0.29) is 23.7 Å². The molecule has 2 amide bonds. The van der Waals surface area contributed by atoms with Crippen LogP contribution in [0.5, 0.6) is 5.75 Å². The van der Waals surface area contributed by atoms with E-state index in [0.29, 0.717) is 42.3 Å². The van der Waals surface area contributed by atoms with Crippen molar-refractivity contribution in [3.8, 4) is 5.75 Å². The molecule has 0 saturated carbocycles. The van der Waals surface area contributed by atoms with Crippen LogP contribution in [0.15, 0.2) is 18.2 Å². The van der Waals surface area contributed by atoms with Crippen molar-refractivity contribution in [2.24, 2.45) is 5.41 Å². The van der Waals surface area contributed by atoms with Gasteiger partial charge in [-0.25, -0.2) is 0 Å². The Kier molecular flexibility index (Phi) is 6.58. The minimum atomic E-state index is -0.564. The average molecular weight is 387 g/mol. The highest BCUT2D eigenvalue weighted by Crippen LogP contribution is 2.25. The number of amides is 2. The summed E-state index contributed by atoms with van der Waals surface area (Å²) in [6, 6.07) is 4.96. The smallest absolute Gasteiger partial charge is 0.255 e. The number of hydrogen-bond donors (Lipinski definition) is 1. The van der Waals surface area contributed by atoms with Crippen molar-refractivity contribution in [1.82, 2.24) is 10.2 Å². The van der Waals surface area contributed by atoms with Crippen LogP contribution >= 0.6 is 23.2 Å². The molecule has 138 valence electrons. The van der Waals surface area contributed by atoms with Gasteiger partial charge in [0.1, 0.15) is 5.75 Å². The molecule has 1 N–H and O–H groups in total. The molecule has 1 aromatic rings. The van der Waals surface area contributed by atoms with Crippen LogP contribution in [0.2, 0.25) is 5.02 Å². The van der Waals surface area contributed by atoms with E-state index in [1.54, 1.807) is 18.2 Å². The van der Waals surface area contributed by atoms with Crippen molar-refractivity contribution >= 4 is 35.0 Å². The predicted octanol–water partition coefficient (Wildman–Crippen LogP) is 3.33. The second-order valence-electron chi connectivity index (χ2n) is 6.90. The Morgan fingerprint density at radius 2 is 1.96 bits per heavy atom. The Labute approximate surface area is 158 Å². The number of hydrogen-bond acceptors (Lipinski definition) is 3. The number of nitrogens with one attached hydrogen (secondary N) is 1. The molecule has 0 aliphatic carbocycles. The first kappa shape index (κ1) is 19.9. The number of halogens is 2. The number of carbonyl (C=O) groups excluding carboxylic acids is 2. The molecule has 2 rings (SSSR count). The Bertz CT molecular complexity index is 641. The number of rotatable bonds is 5. The van der Waals surface area contributed by atoms with Gasteiger partial charge in [-0.15, -0.1) is 11.6 Å². The van der Waals surface area contributed by atoms with Gasteiger partial charge >= 0.3 is 0 Å². The van der Waals surface area contributed by atoms with E-state index in [4.69, 9.17) is 27.9 Å². The van der Waals surface area contributed by atoms with E-state index in [9.17, 15) is 9.59 Å². The molecule has 0 unspecified atom stereocenters. The minimum Gasteiger partial charge on any atom is -0.496 e. The van der Waals surface area contributed by atoms with Gasteiger partial charge in [-0.2, -0.15) is 0 Å². The third-order valence-electron chi connectivity index (χ3n) is 4.44. The van der Waals surface area contributed by atoms with Crippen LogP contribution in [0.25, 0.3) is 0 Å². The van der Waals surface area contributed by atoms with Gasteiger partial charge in [0.05, 0.1) is 18.1 Å². The summed E-state index contributed by atoms with van der Waals surface area (Å²) in [4.78, 5) is 26.8. The maximum Gasteiger partial charge on any atom is 0.255 e. The number of benzene rings is 1. The fourth-order valence-electron chi connectivity index (χ4n) is 2.83. The third-order valence-corrected chi connectivity index (χ3v) is 5.34. The molecule has 1 heterocycles. The van der Waals surface area contributed by atoms with E-state index < -0.39 is 5.41 Å². The molecule has 0 radical (unpaired) electrons. The van der Waals surface area contributed by atoms with Crippen molar-refractivity contribution in [3.63, 3.8) is 0 Å². The molecular weight excluding hydrogens is 363 g/mol. The Hall–Kier alpha value is -1.46. The van der Waals surface area contributed by atoms with Crippen molar-refractivity contribution in [2.45, 2.75) is 32.7 Å². The molecule has 0 bridgehead atoms. The second-order valence-corrected chi connectivity index (χ2v) is 7.61. The summed E-state index contributed by atoms with van der Waals surface area (Å²) in [5, 5.41) is 3.49. The van der Waals surface area contributed by atoms with Gasteiger partial charge in [0.15, 0.2) is 0 Å². The number of nitrogens with zero attached hydrogens (tertiary/aromatic N) is 1. The highest BCUT2D eigenvalue weighted by molar-refractivity contribution is 6.31. The standard InChI is InChI=1S/C18H24Cl2N2O3/c1-18(2,11-19)17(24)22-8-6-13(7-9-22)21-16(23)14-10-12(20)4-5-15(14)25-3/h4-5,10,13H,6-9,11H2,1-3H3,(H,21,23). The molecule has 7 heteroatoms. The molecule has 1 aliphatic rings. The average Bonchev–Trinajstić information content (AvgIpc) is 2.61. The maximum atomic E-state index is 12.5. The lowest BCUT2D eigenvalue weighted by Gasteiger charge is -2.36. The highest BCUT2D eigenvalue weighted by Gasteiger charge is 2.33. The van der Waals surface area contributed by atoms with Crippen LogP contribution < -0.4 is 10.1 Å². The van der Waals surface area contributed by atoms with Gasteiger partial charge in [0.25, 0.3) is 5.91 Å². The summed E-state index contributed by atoms with van der Waals surface area (Å²) >= 11 is 11.9. The zero-order valence-corrected chi connectivity index (χ0v) is 16.3. The van der Waals surface area contributed by atoms with Crippen molar-refractivity contribution in [1.29, 1.82) is 0 Å². The number of alkyl halides is 1. The van der Waals surface area contributed by atoms with E-state index in [1.165, 1.54) is 7.11 Å². The molecule has 1 saturated heterocycles. The van der Waals surface area contributed by atoms with Crippen molar-refractivity contribution in [3.05, 3.63) is 28.8 Å². The summed E-state index contributed by atoms with van der Waals surface area (Å²) in [6.07, 6.45) is 1.41. The van der Waals surface area contributed by atoms with E-state index in [0.717, 1.165) is 0 Å². The molecule has 0 atom stereocenters. The first-order chi connectivity index (χ1) is 11.8. The maximum absolute atomic E-state index is 12.5. The molecule has 0 spiro atoms. The monoisotopic (exact) mass is 386 g/mol. The molecule has 1 aliphatic heterocycles. The Morgan fingerprint density at radius 3 is 2.52 bits per heavy atom. The fraction of sp³-hybridized carbons (Fsp3) is 0.556. The zero-order valence-electron chi connectivity index (χ0n) is 14.8. The van der Waals surface area contributed by atoms with Gasteiger partial charge in [-0.1, -0.05) is 11.6 Å². The summed E-state index contributed by atoms with van der Waals surface area (Å²) in [5.41, 5.74) is -0.150. The number of likely N-dealkylation sites (tertiary alicyclic amines) is 1. The predicted molar refractivity (Wildman–Crippen MR) is 99.6 cm³/mol. The van der Waals surface area contributed by atoms with Crippen LogP contribution in [-0.2, 0) is 4.79 Å². The van der Waals surface area contributed by atoms with Gasteiger partial charge in [-0.05, 0) is 44.9 Å². The van der Waals surface area contributed by atoms with E-state index in [2.05, 4.69) is 5.32 Å². The van der Waals surface area contributed by atoms with E-state index >= 15 is 0 Å². The lowest BCUT2D eigenvalue weighted by atomic mass is 9.92. The summed E-state index contributed by atoms with van der Waals surface area (Å²) in [6.45, 7) is 4.91. The first-order valence-electron chi connectivity index (χ1n) is 8.28. The Balaban J connectivity index is 1.95. The van der Waals surface area contributed by atoms with Crippen LogP contribution in [0.1, 0.15) is 37.0 Å². The first-order valence-corrected chi connectivity index (χ1v) is 9.19. The fourth-order valence-corrected chi connectivity index (χ4v) is 3.12. The zero-order chi connectivity index (χ0) is 18.6. The summed E-state index contributed by atoms with van der Waals surface area (Å²) in [5.74, 6) is 0.615. The normalized spacial score (nSPS) is 15.8.